The van der Waals surface area contributed by atoms with Crippen molar-refractivity contribution in [1.82, 2.24) is 9.80 Å². The van der Waals surface area contributed by atoms with E-state index in [0.29, 0.717) is 0 Å². The first-order chi connectivity index (χ1) is 9.41. The molecule has 2 atom stereocenters. The van der Waals surface area contributed by atoms with Gasteiger partial charge in [0, 0.05) is 32.7 Å². The van der Waals surface area contributed by atoms with E-state index < -0.39 is 11.9 Å². The molecule has 2 saturated carbocycles. The number of rotatable bonds is 4. The summed E-state index contributed by atoms with van der Waals surface area (Å²) in [5, 5.41) is 9.18. The first-order valence-corrected chi connectivity index (χ1v) is 7.65. The zero-order valence-electron chi connectivity index (χ0n) is 12.3. The Morgan fingerprint density at radius 2 is 1.70 bits per heavy atom. The molecule has 1 amide bonds. The van der Waals surface area contributed by atoms with E-state index in [4.69, 9.17) is 0 Å². The molecule has 5 heteroatoms. The summed E-state index contributed by atoms with van der Waals surface area (Å²) in [6.07, 6.45) is 2.71. The largest absolute Gasteiger partial charge is 0.481 e. The third-order valence-corrected chi connectivity index (χ3v) is 5.26. The highest BCUT2D eigenvalue weighted by Gasteiger charge is 2.66. The van der Waals surface area contributed by atoms with Crippen LogP contribution in [0.1, 0.15) is 26.7 Å². The summed E-state index contributed by atoms with van der Waals surface area (Å²) in [5.41, 5.74) is -0.381. The van der Waals surface area contributed by atoms with Gasteiger partial charge < -0.3 is 10.0 Å². The van der Waals surface area contributed by atoms with Crippen LogP contribution in [-0.4, -0.2) is 59.5 Å². The lowest BCUT2D eigenvalue weighted by Gasteiger charge is -2.35. The Bertz CT molecular complexity index is 423. The summed E-state index contributed by atoms with van der Waals surface area (Å²) >= 11 is 0. The van der Waals surface area contributed by atoms with Gasteiger partial charge in [-0.3, -0.25) is 14.5 Å². The van der Waals surface area contributed by atoms with Crippen molar-refractivity contribution in [1.29, 1.82) is 0 Å². The summed E-state index contributed by atoms with van der Waals surface area (Å²) in [5.74, 6) is -0.723. The molecule has 3 aliphatic rings. The van der Waals surface area contributed by atoms with Crippen molar-refractivity contribution < 1.29 is 14.7 Å². The molecule has 1 aliphatic heterocycles. The van der Waals surface area contributed by atoms with Crippen LogP contribution in [0.15, 0.2) is 0 Å². The summed E-state index contributed by atoms with van der Waals surface area (Å²) < 4.78 is 0. The average molecular weight is 280 g/mol. The zero-order valence-corrected chi connectivity index (χ0v) is 12.3. The summed E-state index contributed by atoms with van der Waals surface area (Å²) in [4.78, 5) is 28.0. The molecule has 1 saturated heterocycles. The lowest BCUT2D eigenvalue weighted by Crippen LogP contribution is -2.50. The van der Waals surface area contributed by atoms with Crippen LogP contribution in [0.4, 0.5) is 0 Å². The van der Waals surface area contributed by atoms with Gasteiger partial charge in [-0.1, -0.05) is 13.8 Å². The molecule has 2 aliphatic carbocycles. The summed E-state index contributed by atoms with van der Waals surface area (Å²) in [6.45, 7) is 8.33. The topological polar surface area (TPSA) is 60.9 Å². The number of carbonyl (C=O) groups is 2. The first-order valence-electron chi connectivity index (χ1n) is 7.65. The fourth-order valence-corrected chi connectivity index (χ4v) is 3.57. The van der Waals surface area contributed by atoms with Crippen LogP contribution in [0.3, 0.4) is 0 Å². The van der Waals surface area contributed by atoms with E-state index in [1.807, 2.05) is 18.7 Å². The van der Waals surface area contributed by atoms with Gasteiger partial charge in [0.1, 0.15) is 0 Å². The number of aliphatic carboxylic acids is 1. The van der Waals surface area contributed by atoms with Crippen molar-refractivity contribution in [3.8, 4) is 0 Å². The van der Waals surface area contributed by atoms with E-state index in [9.17, 15) is 14.7 Å². The highest BCUT2D eigenvalue weighted by Crippen LogP contribution is 2.59. The number of carbonyl (C=O) groups excluding carboxylic acids is 1. The third-order valence-electron chi connectivity index (χ3n) is 5.26. The molecule has 2 unspecified atom stereocenters. The molecule has 20 heavy (non-hydrogen) atoms. The fraction of sp³-hybridized carbons (Fsp3) is 0.867. The fourth-order valence-electron chi connectivity index (χ4n) is 3.57. The second-order valence-corrected chi connectivity index (χ2v) is 7.18. The Kier molecular flexibility index (Phi) is 3.27. The van der Waals surface area contributed by atoms with E-state index in [1.54, 1.807) is 0 Å². The Hall–Kier alpha value is -1.10. The van der Waals surface area contributed by atoms with Gasteiger partial charge in [-0.2, -0.15) is 0 Å². The molecule has 1 heterocycles. The molecule has 3 rings (SSSR count). The first kappa shape index (κ1) is 13.9. The van der Waals surface area contributed by atoms with Gasteiger partial charge in [0.15, 0.2) is 0 Å². The normalized spacial score (nSPS) is 33.0. The summed E-state index contributed by atoms with van der Waals surface area (Å²) in [6, 6.07) is 0. The van der Waals surface area contributed by atoms with Crippen LogP contribution in [0.2, 0.25) is 0 Å². The van der Waals surface area contributed by atoms with Crippen LogP contribution in [0.25, 0.3) is 0 Å². The second kappa shape index (κ2) is 4.72. The Labute approximate surface area is 119 Å². The third kappa shape index (κ3) is 2.43. The van der Waals surface area contributed by atoms with Gasteiger partial charge in [-0.25, -0.2) is 0 Å². The second-order valence-electron chi connectivity index (χ2n) is 7.18. The number of carboxylic acid groups (broad SMARTS) is 1. The lowest BCUT2D eigenvalue weighted by atomic mass is 10.1. The number of nitrogens with zero attached hydrogens (tertiary/aromatic N) is 2. The van der Waals surface area contributed by atoms with E-state index in [2.05, 4.69) is 4.90 Å². The average Bonchev–Trinajstić information content (AvgIpc) is 3.27. The summed E-state index contributed by atoms with van der Waals surface area (Å²) in [7, 11) is 0. The maximum Gasteiger partial charge on any atom is 0.307 e. The van der Waals surface area contributed by atoms with Gasteiger partial charge in [0.2, 0.25) is 5.91 Å². The van der Waals surface area contributed by atoms with Crippen molar-refractivity contribution in [3.63, 3.8) is 0 Å². The molecular weight excluding hydrogens is 256 g/mol. The smallest absolute Gasteiger partial charge is 0.307 e. The maximum atomic E-state index is 12.5. The minimum Gasteiger partial charge on any atom is -0.481 e. The molecular formula is C15H24N2O3. The molecule has 0 radical (unpaired) electrons. The predicted octanol–water partition coefficient (Wildman–Crippen LogP) is 0.897. The van der Waals surface area contributed by atoms with Crippen molar-refractivity contribution in [2.75, 3.05) is 32.7 Å². The van der Waals surface area contributed by atoms with Crippen LogP contribution in [0, 0.1) is 23.2 Å². The molecule has 3 fully saturated rings. The molecule has 1 N–H and O–H groups in total. The SMILES string of the molecule is CC1(C)C(C(=O)O)C1C(=O)N1CCN(CC2CC2)CC1. The van der Waals surface area contributed by atoms with Crippen LogP contribution < -0.4 is 0 Å². The molecule has 0 bridgehead atoms. The minimum atomic E-state index is -0.833. The lowest BCUT2D eigenvalue weighted by molar-refractivity contribution is -0.142. The highest BCUT2D eigenvalue weighted by atomic mass is 16.4. The molecule has 0 aromatic carbocycles. The molecule has 112 valence electrons. The monoisotopic (exact) mass is 280 g/mol. The zero-order chi connectivity index (χ0) is 14.5. The number of hydrogen-bond acceptors (Lipinski definition) is 3. The molecule has 5 nitrogen and oxygen atoms in total. The van der Waals surface area contributed by atoms with Crippen LogP contribution in [0.5, 0.6) is 0 Å². The standard InChI is InChI=1S/C15H24N2O3/c1-15(2)11(12(15)14(19)20)13(18)17-7-5-16(6-8-17)9-10-3-4-10/h10-12H,3-9H2,1-2H3,(H,19,20). The number of piperazine rings is 1. The predicted molar refractivity (Wildman–Crippen MR) is 74.1 cm³/mol. The molecule has 0 aromatic heterocycles. The van der Waals surface area contributed by atoms with Crippen molar-refractivity contribution >= 4 is 11.9 Å². The van der Waals surface area contributed by atoms with Gasteiger partial charge >= 0.3 is 5.97 Å². The Morgan fingerprint density at radius 3 is 2.15 bits per heavy atom. The van der Waals surface area contributed by atoms with Crippen molar-refractivity contribution in [3.05, 3.63) is 0 Å². The van der Waals surface area contributed by atoms with Gasteiger partial charge in [-0.05, 0) is 24.2 Å². The van der Waals surface area contributed by atoms with E-state index >= 15 is 0 Å². The highest BCUT2D eigenvalue weighted by molar-refractivity contribution is 5.91. The van der Waals surface area contributed by atoms with Crippen LogP contribution >= 0.6 is 0 Å². The Morgan fingerprint density at radius 1 is 1.10 bits per heavy atom. The number of carboxylic acids is 1. The van der Waals surface area contributed by atoms with Gasteiger partial charge in [-0.15, -0.1) is 0 Å². The molecule has 0 spiro atoms. The van der Waals surface area contributed by atoms with Crippen molar-refractivity contribution in [2.24, 2.45) is 23.2 Å². The minimum absolute atomic E-state index is 0.0495. The van der Waals surface area contributed by atoms with Crippen LogP contribution in [-0.2, 0) is 9.59 Å². The quantitative estimate of drug-likeness (QED) is 0.831. The number of hydrogen-bond donors (Lipinski definition) is 1. The Balaban J connectivity index is 1.53. The van der Waals surface area contributed by atoms with Crippen molar-refractivity contribution in [2.45, 2.75) is 26.7 Å². The van der Waals surface area contributed by atoms with E-state index in [-0.39, 0.29) is 17.2 Å². The van der Waals surface area contributed by atoms with E-state index in [0.717, 1.165) is 32.1 Å². The molecule has 0 aromatic rings. The number of amides is 1. The van der Waals surface area contributed by atoms with Gasteiger partial charge in [0.05, 0.1) is 11.8 Å². The van der Waals surface area contributed by atoms with E-state index in [1.165, 1.54) is 19.4 Å². The maximum absolute atomic E-state index is 12.5. The van der Waals surface area contributed by atoms with Gasteiger partial charge in [0.25, 0.3) is 0 Å².